The Hall–Kier alpha value is -2.54. The van der Waals surface area contributed by atoms with Crippen molar-refractivity contribution in [3.63, 3.8) is 0 Å². The molecule has 2 rings (SSSR count). The van der Waals surface area contributed by atoms with Gasteiger partial charge in [-0.25, -0.2) is 8.42 Å². The molecule has 0 aliphatic rings. The fourth-order valence-corrected chi connectivity index (χ4v) is 4.21. The van der Waals surface area contributed by atoms with Gasteiger partial charge in [0.25, 0.3) is 0 Å². The Kier molecular flexibility index (Phi) is 7.45. The van der Waals surface area contributed by atoms with Crippen LogP contribution >= 0.6 is 0 Å². The van der Waals surface area contributed by atoms with Crippen LogP contribution in [0.1, 0.15) is 31.4 Å². The van der Waals surface area contributed by atoms with Gasteiger partial charge in [-0.1, -0.05) is 42.8 Å². The van der Waals surface area contributed by atoms with Gasteiger partial charge in [0.1, 0.15) is 11.8 Å². The van der Waals surface area contributed by atoms with Gasteiger partial charge in [0.15, 0.2) is 0 Å². The van der Waals surface area contributed by atoms with E-state index in [-0.39, 0.29) is 12.5 Å². The van der Waals surface area contributed by atoms with E-state index in [1.54, 1.807) is 19.1 Å². The Morgan fingerprint density at radius 3 is 2.32 bits per heavy atom. The molecule has 0 bridgehead atoms. The summed E-state index contributed by atoms with van der Waals surface area (Å²) in [5, 5.41) is 2.86. The zero-order valence-electron chi connectivity index (χ0n) is 16.8. The maximum atomic E-state index is 12.9. The molecule has 0 aliphatic carbocycles. The van der Waals surface area contributed by atoms with E-state index in [0.29, 0.717) is 24.5 Å². The van der Waals surface area contributed by atoms with E-state index in [1.165, 1.54) is 4.31 Å². The van der Waals surface area contributed by atoms with E-state index in [1.807, 2.05) is 50.2 Å². The van der Waals surface area contributed by atoms with Gasteiger partial charge in [-0.05, 0) is 38.5 Å². The second-order valence-corrected chi connectivity index (χ2v) is 8.44. The van der Waals surface area contributed by atoms with Crippen LogP contribution in [0.3, 0.4) is 0 Å². The Balaban J connectivity index is 2.24. The third kappa shape index (κ3) is 5.48. The lowest BCUT2D eigenvalue weighted by molar-refractivity contribution is -0.122. The van der Waals surface area contributed by atoms with Crippen molar-refractivity contribution in [3.05, 3.63) is 59.7 Å². The number of anilines is 1. The molecule has 1 N–H and O–H groups in total. The minimum absolute atomic E-state index is 0.261. The van der Waals surface area contributed by atoms with E-state index in [2.05, 4.69) is 5.32 Å². The van der Waals surface area contributed by atoms with Crippen LogP contribution in [0.25, 0.3) is 0 Å². The molecular weight excluding hydrogens is 376 g/mol. The molecule has 0 fully saturated rings. The molecule has 28 heavy (non-hydrogen) atoms. The summed E-state index contributed by atoms with van der Waals surface area (Å²) in [7, 11) is -3.64. The molecule has 2 aromatic rings. The van der Waals surface area contributed by atoms with Gasteiger partial charge >= 0.3 is 0 Å². The first kappa shape index (κ1) is 21.8. The lowest BCUT2D eigenvalue weighted by atomic mass is 10.1. The Bertz CT molecular complexity index is 895. The van der Waals surface area contributed by atoms with Gasteiger partial charge in [0, 0.05) is 12.1 Å². The normalized spacial score (nSPS) is 12.3. The first-order valence-electron chi connectivity index (χ1n) is 9.32. The van der Waals surface area contributed by atoms with Gasteiger partial charge in [0.2, 0.25) is 15.9 Å². The predicted molar refractivity (Wildman–Crippen MR) is 112 cm³/mol. The minimum atomic E-state index is -3.64. The van der Waals surface area contributed by atoms with Crippen LogP contribution in [0.15, 0.2) is 48.5 Å². The van der Waals surface area contributed by atoms with E-state index in [4.69, 9.17) is 4.74 Å². The summed E-state index contributed by atoms with van der Waals surface area (Å²) in [4.78, 5) is 12.9. The molecule has 152 valence electrons. The molecule has 0 unspecified atom stereocenters. The van der Waals surface area contributed by atoms with Crippen LogP contribution in [0.2, 0.25) is 0 Å². The lowest BCUT2D eigenvalue weighted by Gasteiger charge is -2.30. The Morgan fingerprint density at radius 2 is 1.75 bits per heavy atom. The number of amides is 1. The third-order valence-corrected chi connectivity index (χ3v) is 5.52. The fourth-order valence-electron chi connectivity index (χ4n) is 3.00. The number of carbonyl (C=O) groups is 1. The molecule has 1 atom stereocenters. The first-order valence-corrected chi connectivity index (χ1v) is 11.2. The second-order valence-electron chi connectivity index (χ2n) is 6.58. The zero-order chi connectivity index (χ0) is 20.7. The molecule has 1 amide bonds. The highest BCUT2D eigenvalue weighted by molar-refractivity contribution is 7.92. The molecule has 0 heterocycles. The number of rotatable bonds is 9. The summed E-state index contributed by atoms with van der Waals surface area (Å²) in [6.07, 6.45) is 1.47. The molecule has 0 radical (unpaired) electrons. The highest BCUT2D eigenvalue weighted by atomic mass is 32.2. The minimum Gasteiger partial charge on any atom is -0.494 e. The molecular formula is C21H28N2O4S. The first-order chi connectivity index (χ1) is 13.3. The van der Waals surface area contributed by atoms with Crippen molar-refractivity contribution < 1.29 is 17.9 Å². The summed E-state index contributed by atoms with van der Waals surface area (Å²) in [5.74, 6) is 0.358. The maximum Gasteiger partial charge on any atom is 0.244 e. The van der Waals surface area contributed by atoms with Gasteiger partial charge in [-0.15, -0.1) is 0 Å². The summed E-state index contributed by atoms with van der Waals surface area (Å²) in [6.45, 7) is 6.40. The summed E-state index contributed by atoms with van der Waals surface area (Å²) < 4.78 is 31.7. The van der Waals surface area contributed by atoms with Crippen LogP contribution in [-0.4, -0.2) is 33.2 Å². The van der Waals surface area contributed by atoms with Crippen LogP contribution < -0.4 is 14.4 Å². The predicted octanol–water partition coefficient (Wildman–Crippen LogP) is 3.25. The largest absolute Gasteiger partial charge is 0.494 e. The van der Waals surface area contributed by atoms with Crippen LogP contribution in [0, 0.1) is 6.92 Å². The molecule has 2 aromatic carbocycles. The van der Waals surface area contributed by atoms with Crippen molar-refractivity contribution in [2.75, 3.05) is 17.2 Å². The van der Waals surface area contributed by atoms with Crippen molar-refractivity contribution in [2.24, 2.45) is 0 Å². The molecule has 0 saturated carbocycles. The van der Waals surface area contributed by atoms with Gasteiger partial charge < -0.3 is 10.1 Å². The second kappa shape index (κ2) is 9.59. The topological polar surface area (TPSA) is 75.7 Å². The van der Waals surface area contributed by atoms with Crippen LogP contribution in [0.4, 0.5) is 5.69 Å². The standard InChI is InChI=1S/C21H28N2O4S/c1-5-19(23(28(4,25)26)18-13-11-16(3)12-14-18)21(24)22-15-17-9-7-8-10-20(17)27-6-2/h7-14,19H,5-6,15H2,1-4H3,(H,22,24)/t19-/m0/s1. The number of aryl methyl sites for hydroxylation is 1. The van der Waals surface area contributed by atoms with E-state index >= 15 is 0 Å². The smallest absolute Gasteiger partial charge is 0.244 e. The summed E-state index contributed by atoms with van der Waals surface area (Å²) in [6, 6.07) is 13.7. The maximum absolute atomic E-state index is 12.9. The number of sulfonamides is 1. The fraction of sp³-hybridized carbons (Fsp3) is 0.381. The van der Waals surface area contributed by atoms with Crippen molar-refractivity contribution >= 4 is 21.6 Å². The van der Waals surface area contributed by atoms with E-state index in [0.717, 1.165) is 17.4 Å². The van der Waals surface area contributed by atoms with Gasteiger partial charge in [0.05, 0.1) is 18.6 Å². The number of carbonyl (C=O) groups excluding carboxylic acids is 1. The monoisotopic (exact) mass is 404 g/mol. The lowest BCUT2D eigenvalue weighted by Crippen LogP contribution is -2.49. The Morgan fingerprint density at radius 1 is 1.11 bits per heavy atom. The average Bonchev–Trinajstić information content (AvgIpc) is 2.65. The average molecular weight is 405 g/mol. The van der Waals surface area contributed by atoms with Gasteiger partial charge in [-0.2, -0.15) is 0 Å². The Labute approximate surface area is 167 Å². The molecule has 0 aromatic heterocycles. The molecule has 6 nitrogen and oxygen atoms in total. The summed E-state index contributed by atoms with van der Waals surface area (Å²) in [5.41, 5.74) is 2.33. The molecule has 7 heteroatoms. The zero-order valence-corrected chi connectivity index (χ0v) is 17.6. The highest BCUT2D eigenvalue weighted by Gasteiger charge is 2.31. The third-order valence-electron chi connectivity index (χ3n) is 4.34. The van der Waals surface area contributed by atoms with Crippen LogP contribution in [-0.2, 0) is 21.4 Å². The van der Waals surface area contributed by atoms with Crippen molar-refractivity contribution in [3.8, 4) is 5.75 Å². The quantitative estimate of drug-likeness (QED) is 0.696. The van der Waals surface area contributed by atoms with Crippen molar-refractivity contribution in [1.82, 2.24) is 5.32 Å². The number of hydrogen-bond donors (Lipinski definition) is 1. The van der Waals surface area contributed by atoms with Crippen molar-refractivity contribution in [1.29, 1.82) is 0 Å². The molecule has 0 aliphatic heterocycles. The summed E-state index contributed by atoms with van der Waals surface area (Å²) >= 11 is 0. The number of nitrogens with zero attached hydrogens (tertiary/aromatic N) is 1. The van der Waals surface area contributed by atoms with E-state index in [9.17, 15) is 13.2 Å². The van der Waals surface area contributed by atoms with Crippen molar-refractivity contribution in [2.45, 2.75) is 39.8 Å². The number of hydrogen-bond acceptors (Lipinski definition) is 4. The highest BCUT2D eigenvalue weighted by Crippen LogP contribution is 2.23. The number of para-hydroxylation sites is 1. The molecule has 0 saturated heterocycles. The van der Waals surface area contributed by atoms with Crippen LogP contribution in [0.5, 0.6) is 5.75 Å². The SMILES string of the molecule is CCOc1ccccc1CNC(=O)[C@H](CC)N(c1ccc(C)cc1)S(C)(=O)=O. The molecule has 0 spiro atoms. The number of ether oxygens (including phenoxy) is 1. The number of benzene rings is 2. The van der Waals surface area contributed by atoms with Gasteiger partial charge in [-0.3, -0.25) is 9.10 Å². The van der Waals surface area contributed by atoms with E-state index < -0.39 is 16.1 Å². The number of nitrogens with one attached hydrogen (secondary N) is 1.